The Morgan fingerprint density at radius 3 is 2.47 bits per heavy atom. The van der Waals surface area contributed by atoms with Crippen molar-refractivity contribution in [2.24, 2.45) is 11.1 Å². The lowest BCUT2D eigenvalue weighted by Crippen LogP contribution is -2.51. The van der Waals surface area contributed by atoms with Crippen molar-refractivity contribution in [3.8, 4) is 0 Å². The molecule has 0 aliphatic rings. The zero-order valence-corrected chi connectivity index (χ0v) is 11.4. The zero-order valence-electron chi connectivity index (χ0n) is 11.4. The molecule has 17 heavy (non-hydrogen) atoms. The quantitative estimate of drug-likeness (QED) is 0.799. The molecule has 0 aliphatic heterocycles. The van der Waals surface area contributed by atoms with E-state index in [1.807, 2.05) is 27.7 Å². The Bertz CT molecular complexity index is 399. The summed E-state index contributed by atoms with van der Waals surface area (Å²) in [6.45, 7) is 10.4. The van der Waals surface area contributed by atoms with Gasteiger partial charge in [-0.3, -0.25) is 9.48 Å². The first kappa shape index (κ1) is 13.9. The van der Waals surface area contributed by atoms with Gasteiger partial charge in [-0.25, -0.2) is 0 Å². The van der Waals surface area contributed by atoms with Crippen molar-refractivity contribution in [3.63, 3.8) is 0 Å². The van der Waals surface area contributed by atoms with Gasteiger partial charge in [-0.15, -0.1) is 0 Å². The molecular formula is C13H23N3O. The van der Waals surface area contributed by atoms with Crippen LogP contribution in [-0.2, 0) is 6.54 Å². The lowest BCUT2D eigenvalue weighted by molar-refractivity contribution is 0.0735. The van der Waals surface area contributed by atoms with Crippen LogP contribution in [0, 0.1) is 5.41 Å². The lowest BCUT2D eigenvalue weighted by atomic mass is 9.71. The van der Waals surface area contributed by atoms with E-state index in [2.05, 4.69) is 12.0 Å². The second kappa shape index (κ2) is 4.61. The first-order valence-electron chi connectivity index (χ1n) is 6.06. The van der Waals surface area contributed by atoms with Gasteiger partial charge in [-0.2, -0.15) is 5.10 Å². The third kappa shape index (κ3) is 2.75. The highest BCUT2D eigenvalue weighted by molar-refractivity contribution is 6.00. The number of hydrogen-bond donors (Lipinski definition) is 1. The van der Waals surface area contributed by atoms with Crippen LogP contribution in [0.25, 0.3) is 0 Å². The fourth-order valence-electron chi connectivity index (χ4n) is 1.49. The number of carbonyl (C=O) groups excluding carboxylic acids is 1. The Morgan fingerprint density at radius 1 is 1.41 bits per heavy atom. The number of nitrogens with zero attached hydrogens (tertiary/aromatic N) is 2. The molecule has 1 heterocycles. The minimum atomic E-state index is -0.604. The van der Waals surface area contributed by atoms with Crippen LogP contribution in [0.4, 0.5) is 0 Å². The molecule has 0 saturated carbocycles. The molecule has 2 N–H and O–H groups in total. The Hall–Kier alpha value is -1.16. The third-order valence-electron chi connectivity index (χ3n) is 3.53. The van der Waals surface area contributed by atoms with Crippen LogP contribution in [0.1, 0.15) is 51.4 Å². The summed E-state index contributed by atoms with van der Waals surface area (Å²) in [5.74, 6) is 0.0485. The van der Waals surface area contributed by atoms with Crippen molar-refractivity contribution in [1.82, 2.24) is 9.78 Å². The van der Waals surface area contributed by atoms with E-state index in [-0.39, 0.29) is 5.78 Å². The average Bonchev–Trinajstić information content (AvgIpc) is 2.64. The summed E-state index contributed by atoms with van der Waals surface area (Å²) >= 11 is 0. The summed E-state index contributed by atoms with van der Waals surface area (Å²) < 4.78 is 1.80. The van der Waals surface area contributed by atoms with Gasteiger partial charge >= 0.3 is 0 Å². The Kier molecular flexibility index (Phi) is 3.77. The molecule has 1 aromatic rings. The summed E-state index contributed by atoms with van der Waals surface area (Å²) in [6, 6.07) is 0. The van der Waals surface area contributed by atoms with Crippen molar-refractivity contribution in [2.45, 2.75) is 53.1 Å². The maximum atomic E-state index is 12.4. The standard InChI is InChI=1S/C13H23N3O/c1-6-7-16-9-10(8-15-16)11(17)12(2,3)13(4,5)14/h8-9H,6-7,14H2,1-5H3. The summed E-state index contributed by atoms with van der Waals surface area (Å²) in [5, 5.41) is 4.18. The second-order valence-corrected chi connectivity index (χ2v) is 5.67. The van der Waals surface area contributed by atoms with Gasteiger partial charge in [0, 0.05) is 23.7 Å². The number of nitrogens with two attached hydrogens (primary N) is 1. The first-order valence-corrected chi connectivity index (χ1v) is 6.06. The molecule has 96 valence electrons. The fourth-order valence-corrected chi connectivity index (χ4v) is 1.49. The minimum Gasteiger partial charge on any atom is -0.325 e. The van der Waals surface area contributed by atoms with E-state index in [1.54, 1.807) is 17.1 Å². The van der Waals surface area contributed by atoms with Crippen molar-refractivity contribution in [2.75, 3.05) is 0 Å². The highest BCUT2D eigenvalue weighted by atomic mass is 16.1. The van der Waals surface area contributed by atoms with Crippen molar-refractivity contribution in [1.29, 1.82) is 0 Å². The van der Waals surface area contributed by atoms with E-state index in [1.165, 1.54) is 0 Å². The molecule has 0 bridgehead atoms. The molecule has 0 unspecified atom stereocenters. The van der Waals surface area contributed by atoms with Crippen molar-refractivity contribution >= 4 is 5.78 Å². The largest absolute Gasteiger partial charge is 0.325 e. The van der Waals surface area contributed by atoms with Crippen LogP contribution >= 0.6 is 0 Å². The minimum absolute atomic E-state index is 0.0485. The number of carbonyl (C=O) groups is 1. The van der Waals surface area contributed by atoms with E-state index < -0.39 is 11.0 Å². The predicted molar refractivity (Wildman–Crippen MR) is 68.9 cm³/mol. The molecule has 4 heteroatoms. The van der Waals surface area contributed by atoms with Gasteiger partial charge < -0.3 is 5.73 Å². The van der Waals surface area contributed by atoms with Gasteiger partial charge in [-0.05, 0) is 20.3 Å². The zero-order chi connectivity index (χ0) is 13.3. The smallest absolute Gasteiger partial charge is 0.173 e. The summed E-state index contributed by atoms with van der Waals surface area (Å²) in [7, 11) is 0. The van der Waals surface area contributed by atoms with E-state index in [4.69, 9.17) is 5.73 Å². The Labute approximate surface area is 103 Å². The number of aromatic nitrogens is 2. The topological polar surface area (TPSA) is 60.9 Å². The molecule has 4 nitrogen and oxygen atoms in total. The van der Waals surface area contributed by atoms with Gasteiger partial charge in [0.2, 0.25) is 0 Å². The van der Waals surface area contributed by atoms with Crippen LogP contribution < -0.4 is 5.73 Å². The van der Waals surface area contributed by atoms with Crippen LogP contribution in [-0.4, -0.2) is 21.1 Å². The van der Waals surface area contributed by atoms with E-state index in [9.17, 15) is 4.79 Å². The predicted octanol–water partition coefficient (Wildman–Crippen LogP) is 2.24. The first-order chi connectivity index (χ1) is 7.70. The SMILES string of the molecule is CCCn1cc(C(=O)C(C)(C)C(C)(C)N)cn1. The summed E-state index contributed by atoms with van der Waals surface area (Å²) in [6.07, 6.45) is 4.44. The molecule has 1 aromatic heterocycles. The molecule has 0 radical (unpaired) electrons. The fraction of sp³-hybridized carbons (Fsp3) is 0.692. The molecule has 0 aromatic carbocycles. The number of aryl methyl sites for hydroxylation is 1. The normalized spacial score (nSPS) is 12.8. The highest BCUT2D eigenvalue weighted by Crippen LogP contribution is 2.32. The lowest BCUT2D eigenvalue weighted by Gasteiger charge is -2.36. The summed E-state index contributed by atoms with van der Waals surface area (Å²) in [4.78, 5) is 12.4. The Morgan fingerprint density at radius 2 is 2.00 bits per heavy atom. The summed E-state index contributed by atoms with van der Waals surface area (Å²) in [5.41, 5.74) is 5.55. The highest BCUT2D eigenvalue weighted by Gasteiger charge is 2.41. The molecule has 0 atom stereocenters. The molecular weight excluding hydrogens is 214 g/mol. The van der Waals surface area contributed by atoms with Crippen molar-refractivity contribution < 1.29 is 4.79 Å². The molecule has 0 saturated heterocycles. The van der Waals surface area contributed by atoms with Crippen molar-refractivity contribution in [3.05, 3.63) is 18.0 Å². The third-order valence-corrected chi connectivity index (χ3v) is 3.53. The van der Waals surface area contributed by atoms with E-state index in [0.29, 0.717) is 5.56 Å². The van der Waals surface area contributed by atoms with Crippen LogP contribution in [0.3, 0.4) is 0 Å². The van der Waals surface area contributed by atoms with Crippen LogP contribution in [0.15, 0.2) is 12.4 Å². The Balaban J connectivity index is 2.96. The number of Topliss-reactive ketones (excluding diaryl/α,β-unsaturated/α-hetero) is 1. The monoisotopic (exact) mass is 237 g/mol. The molecule has 0 fully saturated rings. The number of hydrogen-bond acceptors (Lipinski definition) is 3. The maximum Gasteiger partial charge on any atom is 0.173 e. The van der Waals surface area contributed by atoms with Gasteiger partial charge in [0.25, 0.3) is 0 Å². The maximum absolute atomic E-state index is 12.4. The number of rotatable bonds is 5. The molecule has 1 rings (SSSR count). The van der Waals surface area contributed by atoms with E-state index in [0.717, 1.165) is 13.0 Å². The van der Waals surface area contributed by atoms with Crippen LogP contribution in [0.2, 0.25) is 0 Å². The second-order valence-electron chi connectivity index (χ2n) is 5.67. The van der Waals surface area contributed by atoms with Gasteiger partial charge in [-0.1, -0.05) is 20.8 Å². The van der Waals surface area contributed by atoms with Gasteiger partial charge in [0.15, 0.2) is 5.78 Å². The number of ketones is 1. The molecule has 0 amide bonds. The van der Waals surface area contributed by atoms with Gasteiger partial charge in [0.05, 0.1) is 11.8 Å². The average molecular weight is 237 g/mol. The molecule has 0 aliphatic carbocycles. The van der Waals surface area contributed by atoms with Crippen LogP contribution in [0.5, 0.6) is 0 Å². The van der Waals surface area contributed by atoms with E-state index >= 15 is 0 Å². The molecule has 0 spiro atoms. The van der Waals surface area contributed by atoms with Gasteiger partial charge in [0.1, 0.15) is 0 Å².